The van der Waals surface area contributed by atoms with Crippen LogP contribution < -0.4 is 0 Å². The molecule has 2 heterocycles. The molecule has 1 amide bonds. The van der Waals surface area contributed by atoms with Gasteiger partial charge in [-0.25, -0.2) is 9.79 Å². The van der Waals surface area contributed by atoms with Crippen LogP contribution in [0.4, 0.5) is 5.69 Å². The van der Waals surface area contributed by atoms with Gasteiger partial charge in [0.25, 0.3) is 5.69 Å². The molecular weight excluding hydrogens is 418 g/mol. The number of fused-ring (bicyclic) bond motifs is 1. The normalized spacial score (nSPS) is 20.4. The molecule has 2 aliphatic rings. The zero-order valence-corrected chi connectivity index (χ0v) is 17.7. The lowest BCUT2D eigenvalue weighted by Gasteiger charge is -2.32. The summed E-state index contributed by atoms with van der Waals surface area (Å²) in [5, 5.41) is 11.7. The molecule has 0 unspecified atom stereocenters. The van der Waals surface area contributed by atoms with Gasteiger partial charge in [0.2, 0.25) is 5.91 Å². The molecule has 2 aliphatic heterocycles. The zero-order valence-electron chi connectivity index (χ0n) is 16.8. The topological polar surface area (TPSA) is 102 Å². The molecule has 9 heteroatoms. The van der Waals surface area contributed by atoms with Crippen molar-refractivity contribution in [1.82, 2.24) is 4.90 Å². The van der Waals surface area contributed by atoms with Gasteiger partial charge in [-0.2, -0.15) is 0 Å². The minimum Gasteiger partial charge on any atom is -0.457 e. The number of hydrogen-bond acceptors (Lipinski definition) is 7. The summed E-state index contributed by atoms with van der Waals surface area (Å²) in [5.74, 6) is -0.919. The Labute approximate surface area is 182 Å². The van der Waals surface area contributed by atoms with Gasteiger partial charge in [-0.3, -0.25) is 19.8 Å². The minimum absolute atomic E-state index is 0.0374. The second-order valence-electron chi connectivity index (χ2n) is 7.14. The van der Waals surface area contributed by atoms with E-state index in [-0.39, 0.29) is 29.3 Å². The Morgan fingerprint density at radius 2 is 1.87 bits per heavy atom. The molecule has 1 saturated heterocycles. The van der Waals surface area contributed by atoms with Crippen LogP contribution >= 0.6 is 11.8 Å². The fraction of sp³-hybridized carbons (Fsp3) is 0.227. The van der Waals surface area contributed by atoms with E-state index in [0.29, 0.717) is 10.9 Å². The van der Waals surface area contributed by atoms with E-state index < -0.39 is 22.2 Å². The summed E-state index contributed by atoms with van der Waals surface area (Å²) in [6.07, 6.45) is 0. The Morgan fingerprint density at radius 3 is 2.58 bits per heavy atom. The highest BCUT2D eigenvalue weighted by atomic mass is 32.2. The molecule has 0 radical (unpaired) electrons. The number of thioether (sulfide) groups is 1. The summed E-state index contributed by atoms with van der Waals surface area (Å²) >= 11 is 1.27. The van der Waals surface area contributed by atoms with Crippen molar-refractivity contribution in [3.63, 3.8) is 0 Å². The van der Waals surface area contributed by atoms with Crippen molar-refractivity contribution in [1.29, 1.82) is 0 Å². The summed E-state index contributed by atoms with van der Waals surface area (Å²) in [5.41, 5.74) is 1.37. The van der Waals surface area contributed by atoms with Crippen LogP contribution in [0.5, 0.6) is 0 Å². The van der Waals surface area contributed by atoms with E-state index >= 15 is 0 Å². The number of benzene rings is 2. The number of hydrogen-bond donors (Lipinski definition) is 0. The number of para-hydroxylation sites is 1. The SMILES string of the molecule is CC1=C(C(=O)OCc2ccccc2)[C@@H](c2ccccc2[N+](=O)[O-])N2C(=O)[C@H](C)SC2=N1. The van der Waals surface area contributed by atoms with Gasteiger partial charge in [0, 0.05) is 6.07 Å². The number of nitro groups is 1. The van der Waals surface area contributed by atoms with Crippen LogP contribution in [0.25, 0.3) is 0 Å². The highest BCUT2D eigenvalue weighted by Gasteiger charge is 2.48. The Hall–Kier alpha value is -3.46. The fourth-order valence-corrected chi connectivity index (χ4v) is 4.67. The minimum atomic E-state index is -0.984. The summed E-state index contributed by atoms with van der Waals surface area (Å²) in [4.78, 5) is 43.1. The van der Waals surface area contributed by atoms with E-state index in [2.05, 4.69) is 4.99 Å². The molecule has 0 aliphatic carbocycles. The lowest BCUT2D eigenvalue weighted by atomic mass is 9.93. The number of aliphatic imine (C=N–C) groups is 1. The molecular formula is C22H19N3O5S. The van der Waals surface area contributed by atoms with Gasteiger partial charge in [0.05, 0.1) is 27.0 Å². The van der Waals surface area contributed by atoms with Gasteiger partial charge >= 0.3 is 5.97 Å². The van der Waals surface area contributed by atoms with Crippen LogP contribution in [0.1, 0.15) is 31.0 Å². The van der Waals surface area contributed by atoms with Crippen molar-refractivity contribution in [2.75, 3.05) is 0 Å². The van der Waals surface area contributed by atoms with Crippen molar-refractivity contribution in [3.05, 3.63) is 87.1 Å². The van der Waals surface area contributed by atoms with Crippen LogP contribution in [-0.4, -0.2) is 32.1 Å². The van der Waals surface area contributed by atoms with Crippen molar-refractivity contribution < 1.29 is 19.2 Å². The number of rotatable bonds is 5. The third kappa shape index (κ3) is 3.84. The molecule has 4 rings (SSSR count). The van der Waals surface area contributed by atoms with E-state index in [1.54, 1.807) is 32.0 Å². The summed E-state index contributed by atoms with van der Waals surface area (Å²) in [6, 6.07) is 14.3. The fourth-order valence-electron chi connectivity index (χ4n) is 3.64. The second kappa shape index (κ2) is 8.35. The molecule has 0 N–H and O–H groups in total. The first-order chi connectivity index (χ1) is 14.9. The first-order valence-electron chi connectivity index (χ1n) is 9.62. The molecule has 0 aromatic heterocycles. The van der Waals surface area contributed by atoms with Crippen LogP contribution in [0.15, 0.2) is 70.9 Å². The monoisotopic (exact) mass is 437 g/mol. The maximum absolute atomic E-state index is 13.2. The Kier molecular flexibility index (Phi) is 5.60. The second-order valence-corrected chi connectivity index (χ2v) is 8.45. The number of esters is 1. The highest BCUT2D eigenvalue weighted by molar-refractivity contribution is 8.15. The van der Waals surface area contributed by atoms with Crippen LogP contribution in [-0.2, 0) is 20.9 Å². The maximum Gasteiger partial charge on any atom is 0.338 e. The Bertz CT molecular complexity index is 1130. The van der Waals surface area contributed by atoms with Crippen LogP contribution in [0.3, 0.4) is 0 Å². The molecule has 1 fully saturated rings. The summed E-state index contributed by atoms with van der Waals surface area (Å²) < 4.78 is 5.52. The molecule has 2 aromatic carbocycles. The smallest absolute Gasteiger partial charge is 0.338 e. The van der Waals surface area contributed by atoms with E-state index in [4.69, 9.17) is 4.74 Å². The Morgan fingerprint density at radius 1 is 1.19 bits per heavy atom. The molecule has 0 bridgehead atoms. The van der Waals surface area contributed by atoms with E-state index in [1.807, 2.05) is 30.3 Å². The number of amidine groups is 1. The highest BCUT2D eigenvalue weighted by Crippen LogP contribution is 2.45. The van der Waals surface area contributed by atoms with Gasteiger partial charge in [0.1, 0.15) is 12.6 Å². The quantitative estimate of drug-likeness (QED) is 0.398. The first kappa shape index (κ1) is 20.8. The molecule has 2 atom stereocenters. The molecule has 0 saturated carbocycles. The number of ether oxygens (including phenoxy) is 1. The van der Waals surface area contributed by atoms with Crippen LogP contribution in [0, 0.1) is 10.1 Å². The van der Waals surface area contributed by atoms with Gasteiger partial charge in [0.15, 0.2) is 5.17 Å². The van der Waals surface area contributed by atoms with E-state index in [9.17, 15) is 19.7 Å². The molecule has 158 valence electrons. The molecule has 2 aromatic rings. The maximum atomic E-state index is 13.2. The average Bonchev–Trinajstić information content (AvgIpc) is 3.04. The Balaban J connectivity index is 1.78. The predicted octanol–water partition coefficient (Wildman–Crippen LogP) is 3.99. The number of nitro benzene ring substituents is 1. The molecule has 8 nitrogen and oxygen atoms in total. The molecule has 31 heavy (non-hydrogen) atoms. The first-order valence-corrected chi connectivity index (χ1v) is 10.5. The lowest BCUT2D eigenvalue weighted by Crippen LogP contribution is -2.40. The zero-order chi connectivity index (χ0) is 22.1. The largest absolute Gasteiger partial charge is 0.457 e. The molecule has 0 spiro atoms. The number of carbonyl (C=O) groups is 2. The third-order valence-corrected chi connectivity index (χ3v) is 6.17. The summed E-state index contributed by atoms with van der Waals surface area (Å²) in [6.45, 7) is 3.43. The van der Waals surface area contributed by atoms with E-state index in [0.717, 1.165) is 5.56 Å². The number of nitrogens with zero attached hydrogens (tertiary/aromatic N) is 3. The lowest BCUT2D eigenvalue weighted by molar-refractivity contribution is -0.385. The van der Waals surface area contributed by atoms with Crippen molar-refractivity contribution in [2.45, 2.75) is 31.7 Å². The van der Waals surface area contributed by atoms with Crippen molar-refractivity contribution in [2.24, 2.45) is 4.99 Å². The predicted molar refractivity (Wildman–Crippen MR) is 116 cm³/mol. The number of carbonyl (C=O) groups excluding carboxylic acids is 2. The average molecular weight is 437 g/mol. The van der Waals surface area contributed by atoms with Crippen molar-refractivity contribution >= 4 is 34.5 Å². The van der Waals surface area contributed by atoms with Gasteiger partial charge < -0.3 is 4.74 Å². The van der Waals surface area contributed by atoms with Gasteiger partial charge in [-0.1, -0.05) is 54.2 Å². The summed E-state index contributed by atoms with van der Waals surface area (Å²) in [7, 11) is 0. The number of amides is 1. The van der Waals surface area contributed by atoms with Crippen LogP contribution in [0.2, 0.25) is 0 Å². The van der Waals surface area contributed by atoms with E-state index in [1.165, 1.54) is 22.7 Å². The standard InChI is InChI=1S/C22H19N3O5S/c1-13-18(21(27)30-12-15-8-4-3-5-9-15)19(16-10-6-7-11-17(16)25(28)29)24-20(26)14(2)31-22(24)23-13/h3-11,14,19H,12H2,1-2H3/t14-,19+/m0/s1. The van der Waals surface area contributed by atoms with Gasteiger partial charge in [-0.05, 0) is 25.5 Å². The van der Waals surface area contributed by atoms with Crippen molar-refractivity contribution in [3.8, 4) is 0 Å². The van der Waals surface area contributed by atoms with Gasteiger partial charge in [-0.15, -0.1) is 0 Å². The number of allylic oxidation sites excluding steroid dienone is 1. The third-order valence-electron chi connectivity index (χ3n) is 5.12.